The molecule has 1 rings (SSSR count). The summed E-state index contributed by atoms with van der Waals surface area (Å²) in [7, 11) is -3.93. The van der Waals surface area contributed by atoms with E-state index in [0.29, 0.717) is 6.54 Å². The first-order chi connectivity index (χ1) is 9.12. The Bertz CT molecular complexity index is 545. The van der Waals surface area contributed by atoms with Gasteiger partial charge in [0.15, 0.2) is 0 Å². The van der Waals surface area contributed by atoms with Crippen LogP contribution < -0.4 is 5.32 Å². The van der Waals surface area contributed by atoms with Crippen molar-refractivity contribution in [3.63, 3.8) is 0 Å². The number of halogens is 1. The van der Waals surface area contributed by atoms with E-state index in [4.69, 9.17) is 4.55 Å². The lowest BCUT2D eigenvalue weighted by atomic mass is 9.91. The Morgan fingerprint density at radius 3 is 2.60 bits per heavy atom. The van der Waals surface area contributed by atoms with Gasteiger partial charge in [-0.15, -0.1) is 0 Å². The van der Waals surface area contributed by atoms with Crippen molar-refractivity contribution in [1.29, 1.82) is 0 Å². The Morgan fingerprint density at radius 1 is 1.40 bits per heavy atom. The molecule has 0 aliphatic heterocycles. The summed E-state index contributed by atoms with van der Waals surface area (Å²) in [6.45, 7) is 4.07. The fourth-order valence-corrected chi connectivity index (χ4v) is 2.78. The lowest BCUT2D eigenvalue weighted by Gasteiger charge is -2.32. The molecule has 0 radical (unpaired) electrons. The van der Waals surface area contributed by atoms with E-state index in [2.05, 4.69) is 21.2 Å². The van der Waals surface area contributed by atoms with Crippen LogP contribution in [0.5, 0.6) is 0 Å². The standard InChI is InChI=1S/C13H20BrNO4S/c1-13(2,15-7-4-8-20(17,18)19)12(16)10-5-3-6-11(14)9-10/h3,5-6,9,12,15-16H,4,7-8H2,1-2H3,(H,17,18,19). The van der Waals surface area contributed by atoms with E-state index >= 15 is 0 Å². The van der Waals surface area contributed by atoms with Crippen molar-refractivity contribution in [2.75, 3.05) is 12.3 Å². The molecule has 0 spiro atoms. The van der Waals surface area contributed by atoms with Gasteiger partial charge in [0, 0.05) is 10.0 Å². The van der Waals surface area contributed by atoms with Crippen LogP contribution in [0.25, 0.3) is 0 Å². The van der Waals surface area contributed by atoms with Crippen LogP contribution in [0.3, 0.4) is 0 Å². The Hall–Kier alpha value is -0.470. The number of benzene rings is 1. The molecule has 114 valence electrons. The van der Waals surface area contributed by atoms with Gasteiger partial charge in [0.05, 0.1) is 11.9 Å². The minimum atomic E-state index is -3.93. The second-order valence-electron chi connectivity index (χ2n) is 5.25. The van der Waals surface area contributed by atoms with Gasteiger partial charge in [0.1, 0.15) is 0 Å². The Labute approximate surface area is 128 Å². The lowest BCUT2D eigenvalue weighted by Crippen LogP contribution is -2.45. The molecule has 7 heteroatoms. The largest absolute Gasteiger partial charge is 0.387 e. The first kappa shape index (κ1) is 17.6. The van der Waals surface area contributed by atoms with Gasteiger partial charge >= 0.3 is 0 Å². The molecule has 3 N–H and O–H groups in total. The fourth-order valence-electron chi connectivity index (χ4n) is 1.86. The van der Waals surface area contributed by atoms with Crippen molar-refractivity contribution in [3.8, 4) is 0 Å². The van der Waals surface area contributed by atoms with Crippen LogP contribution in [0, 0.1) is 0 Å². The molecule has 1 unspecified atom stereocenters. The van der Waals surface area contributed by atoms with E-state index in [-0.39, 0.29) is 12.2 Å². The zero-order valence-electron chi connectivity index (χ0n) is 11.5. The highest BCUT2D eigenvalue weighted by Gasteiger charge is 2.28. The molecule has 1 aromatic rings. The molecule has 0 saturated carbocycles. The Morgan fingerprint density at radius 2 is 2.05 bits per heavy atom. The monoisotopic (exact) mass is 365 g/mol. The predicted molar refractivity (Wildman–Crippen MR) is 82.2 cm³/mol. The van der Waals surface area contributed by atoms with E-state index in [1.54, 1.807) is 0 Å². The fraction of sp³-hybridized carbons (Fsp3) is 0.538. The zero-order valence-corrected chi connectivity index (χ0v) is 13.9. The average Bonchev–Trinajstić information content (AvgIpc) is 2.32. The number of aliphatic hydroxyl groups excluding tert-OH is 1. The second-order valence-corrected chi connectivity index (χ2v) is 7.73. The van der Waals surface area contributed by atoms with Crippen LogP contribution in [0.4, 0.5) is 0 Å². The molecule has 1 aromatic carbocycles. The summed E-state index contributed by atoms with van der Waals surface area (Å²) in [5.74, 6) is -0.289. The predicted octanol–water partition coefficient (Wildman–Crippen LogP) is 2.13. The van der Waals surface area contributed by atoms with Crippen molar-refractivity contribution >= 4 is 26.0 Å². The molecular formula is C13H20BrNO4S. The molecule has 0 aliphatic rings. The van der Waals surface area contributed by atoms with Gasteiger partial charge in [-0.1, -0.05) is 28.1 Å². The van der Waals surface area contributed by atoms with Crippen LogP contribution in [0.1, 0.15) is 31.9 Å². The first-order valence-corrected chi connectivity index (χ1v) is 8.66. The van der Waals surface area contributed by atoms with Crippen LogP contribution in [0.2, 0.25) is 0 Å². The van der Waals surface area contributed by atoms with E-state index in [9.17, 15) is 13.5 Å². The number of rotatable bonds is 7. The molecule has 0 heterocycles. The number of aliphatic hydroxyl groups is 1. The van der Waals surface area contributed by atoms with Gasteiger partial charge < -0.3 is 10.4 Å². The summed E-state index contributed by atoms with van der Waals surface area (Å²) in [6, 6.07) is 7.39. The zero-order chi connectivity index (χ0) is 15.4. The van der Waals surface area contributed by atoms with Gasteiger partial charge in [0.2, 0.25) is 0 Å². The van der Waals surface area contributed by atoms with Gasteiger partial charge in [-0.25, -0.2) is 0 Å². The van der Waals surface area contributed by atoms with Crippen molar-refractivity contribution in [3.05, 3.63) is 34.3 Å². The maximum Gasteiger partial charge on any atom is 0.264 e. The molecule has 0 aromatic heterocycles. The van der Waals surface area contributed by atoms with Crippen LogP contribution >= 0.6 is 15.9 Å². The minimum absolute atomic E-state index is 0.285. The average molecular weight is 366 g/mol. The van der Waals surface area contributed by atoms with Crippen LogP contribution in [-0.2, 0) is 10.1 Å². The Kier molecular flexibility index (Phi) is 6.15. The normalized spacial score (nSPS) is 14.2. The summed E-state index contributed by atoms with van der Waals surface area (Å²) >= 11 is 3.36. The molecule has 20 heavy (non-hydrogen) atoms. The van der Waals surface area contributed by atoms with Crippen molar-refractivity contribution in [2.45, 2.75) is 31.9 Å². The number of hydrogen-bond acceptors (Lipinski definition) is 4. The third kappa shape index (κ3) is 5.88. The Balaban J connectivity index is 2.59. The first-order valence-electron chi connectivity index (χ1n) is 6.25. The van der Waals surface area contributed by atoms with E-state index in [0.717, 1.165) is 10.0 Å². The summed E-state index contributed by atoms with van der Waals surface area (Å²) in [4.78, 5) is 0. The summed E-state index contributed by atoms with van der Waals surface area (Å²) in [6.07, 6.45) is -0.446. The number of hydrogen-bond donors (Lipinski definition) is 3. The highest BCUT2D eigenvalue weighted by molar-refractivity contribution is 9.10. The highest BCUT2D eigenvalue weighted by atomic mass is 79.9. The van der Waals surface area contributed by atoms with Gasteiger partial charge in [-0.05, 0) is 44.5 Å². The topological polar surface area (TPSA) is 86.6 Å². The van der Waals surface area contributed by atoms with Crippen molar-refractivity contribution in [2.24, 2.45) is 0 Å². The smallest absolute Gasteiger partial charge is 0.264 e. The summed E-state index contributed by atoms with van der Waals surface area (Å²) < 4.78 is 30.8. The quantitative estimate of drug-likeness (QED) is 0.508. The molecular weight excluding hydrogens is 346 g/mol. The third-order valence-corrected chi connectivity index (χ3v) is 4.31. The molecule has 0 saturated heterocycles. The maximum atomic E-state index is 10.6. The third-order valence-electron chi connectivity index (χ3n) is 3.01. The van der Waals surface area contributed by atoms with Crippen LogP contribution in [-0.4, -0.2) is 35.9 Å². The van der Waals surface area contributed by atoms with Crippen LogP contribution in [0.15, 0.2) is 28.7 Å². The highest BCUT2D eigenvalue weighted by Crippen LogP contribution is 2.27. The van der Waals surface area contributed by atoms with Crippen molar-refractivity contribution < 1.29 is 18.1 Å². The van der Waals surface area contributed by atoms with E-state index < -0.39 is 21.8 Å². The van der Waals surface area contributed by atoms with Gasteiger partial charge in [-0.3, -0.25) is 4.55 Å². The van der Waals surface area contributed by atoms with Crippen molar-refractivity contribution in [1.82, 2.24) is 5.32 Å². The molecule has 1 atom stereocenters. The van der Waals surface area contributed by atoms with Gasteiger partial charge in [-0.2, -0.15) is 8.42 Å². The SMILES string of the molecule is CC(C)(NCCCS(=O)(=O)O)C(O)c1cccc(Br)c1. The maximum absolute atomic E-state index is 10.6. The van der Waals surface area contributed by atoms with Gasteiger partial charge in [0.25, 0.3) is 10.1 Å². The minimum Gasteiger partial charge on any atom is -0.387 e. The summed E-state index contributed by atoms with van der Waals surface area (Å²) in [5.41, 5.74) is 0.159. The van der Waals surface area contributed by atoms with E-state index in [1.807, 2.05) is 38.1 Å². The molecule has 0 aliphatic carbocycles. The number of nitrogens with one attached hydrogen (secondary N) is 1. The second kappa shape index (κ2) is 7.00. The molecule has 0 bridgehead atoms. The van der Waals surface area contributed by atoms with E-state index in [1.165, 1.54) is 0 Å². The summed E-state index contributed by atoms with van der Waals surface area (Å²) in [5, 5.41) is 13.5. The molecule has 0 amide bonds. The lowest BCUT2D eigenvalue weighted by molar-refractivity contribution is 0.0805. The molecule has 0 fully saturated rings. The molecule has 5 nitrogen and oxygen atoms in total.